The average Bonchev–Trinajstić information content (AvgIpc) is 3.27. The summed E-state index contributed by atoms with van der Waals surface area (Å²) in [7, 11) is 0. The maximum absolute atomic E-state index is 5.92. The van der Waals surface area contributed by atoms with Gasteiger partial charge in [-0.15, -0.1) is 0 Å². The molecule has 20 heavy (non-hydrogen) atoms. The van der Waals surface area contributed by atoms with Crippen molar-refractivity contribution < 1.29 is 14.3 Å². The lowest BCUT2D eigenvalue weighted by Gasteiger charge is -2.34. The molecule has 1 heterocycles. The van der Waals surface area contributed by atoms with E-state index < -0.39 is 0 Å². The van der Waals surface area contributed by atoms with Gasteiger partial charge in [0.15, 0.2) is 0 Å². The van der Waals surface area contributed by atoms with E-state index in [0.717, 1.165) is 25.9 Å². The number of hydrogen-bond acceptors (Lipinski definition) is 5. The smallest absolute Gasteiger partial charge is 0.0944 e. The van der Waals surface area contributed by atoms with Crippen LogP contribution in [0.25, 0.3) is 0 Å². The van der Waals surface area contributed by atoms with Gasteiger partial charge in [0.25, 0.3) is 0 Å². The Morgan fingerprint density at radius 1 is 1.10 bits per heavy atom. The van der Waals surface area contributed by atoms with E-state index in [2.05, 4.69) is 18.7 Å². The molecule has 1 saturated carbocycles. The van der Waals surface area contributed by atoms with Crippen LogP contribution in [0.15, 0.2) is 0 Å². The van der Waals surface area contributed by atoms with E-state index in [-0.39, 0.29) is 6.10 Å². The van der Waals surface area contributed by atoms with E-state index in [4.69, 9.17) is 20.2 Å². The zero-order valence-corrected chi connectivity index (χ0v) is 12.9. The first-order valence-electron chi connectivity index (χ1n) is 7.99. The fraction of sp³-hybridized carbons (Fsp3) is 1.00. The number of likely N-dealkylation sites (tertiary alicyclic amines) is 1. The molecule has 0 radical (unpaired) electrons. The Morgan fingerprint density at radius 2 is 1.80 bits per heavy atom. The van der Waals surface area contributed by atoms with Crippen molar-refractivity contribution in [2.75, 3.05) is 32.9 Å². The molecule has 0 amide bonds. The third-order valence-electron chi connectivity index (χ3n) is 4.38. The fourth-order valence-corrected chi connectivity index (χ4v) is 2.86. The number of nitrogens with two attached hydrogens (primary N) is 1. The van der Waals surface area contributed by atoms with Gasteiger partial charge in [0.1, 0.15) is 0 Å². The molecule has 5 nitrogen and oxygen atoms in total. The minimum Gasteiger partial charge on any atom is -0.376 e. The summed E-state index contributed by atoms with van der Waals surface area (Å²) >= 11 is 0. The summed E-state index contributed by atoms with van der Waals surface area (Å²) in [6.45, 7) is 8.63. The topological polar surface area (TPSA) is 57.0 Å². The molecule has 2 rings (SSSR count). The van der Waals surface area contributed by atoms with Crippen molar-refractivity contribution in [1.29, 1.82) is 0 Å². The highest BCUT2D eigenvalue weighted by molar-refractivity contribution is 4.82. The van der Waals surface area contributed by atoms with Crippen LogP contribution in [-0.2, 0) is 14.3 Å². The molecule has 2 aliphatic rings. The van der Waals surface area contributed by atoms with Crippen molar-refractivity contribution >= 4 is 0 Å². The van der Waals surface area contributed by atoms with Crippen LogP contribution in [0.3, 0.4) is 0 Å². The van der Waals surface area contributed by atoms with Crippen LogP contribution in [0.4, 0.5) is 0 Å². The van der Waals surface area contributed by atoms with Gasteiger partial charge in [-0.1, -0.05) is 0 Å². The third-order valence-corrected chi connectivity index (χ3v) is 4.38. The van der Waals surface area contributed by atoms with Crippen LogP contribution in [0.1, 0.15) is 39.5 Å². The van der Waals surface area contributed by atoms with Crippen molar-refractivity contribution in [2.45, 2.75) is 57.8 Å². The molecular weight excluding hydrogens is 256 g/mol. The lowest BCUT2D eigenvalue weighted by atomic mass is 10.1. The summed E-state index contributed by atoms with van der Waals surface area (Å²) < 4.78 is 11.7. The number of hydrogen-bond donors (Lipinski definition) is 1. The Labute approximate surface area is 122 Å². The Kier molecular flexibility index (Phi) is 6.71. The Balaban J connectivity index is 1.53. The van der Waals surface area contributed by atoms with Crippen LogP contribution < -0.4 is 5.90 Å². The molecular formula is C15H30N2O3. The van der Waals surface area contributed by atoms with Gasteiger partial charge >= 0.3 is 0 Å². The summed E-state index contributed by atoms with van der Waals surface area (Å²) in [5, 5.41) is 0. The van der Waals surface area contributed by atoms with Crippen LogP contribution >= 0.6 is 0 Å². The number of piperidine rings is 1. The van der Waals surface area contributed by atoms with Gasteiger partial charge in [-0.05, 0) is 45.4 Å². The van der Waals surface area contributed by atoms with Crippen LogP contribution in [0.2, 0.25) is 0 Å². The van der Waals surface area contributed by atoms with Crippen molar-refractivity contribution in [1.82, 2.24) is 4.90 Å². The van der Waals surface area contributed by atoms with E-state index in [9.17, 15) is 0 Å². The first-order valence-corrected chi connectivity index (χ1v) is 7.99. The summed E-state index contributed by atoms with van der Waals surface area (Å²) in [6.07, 6.45) is 5.31. The molecule has 118 valence electrons. The molecule has 0 aromatic heterocycles. The molecule has 1 unspecified atom stereocenters. The van der Waals surface area contributed by atoms with E-state index in [1.165, 1.54) is 12.8 Å². The summed E-state index contributed by atoms with van der Waals surface area (Å²) in [6, 6.07) is 0.648. The number of ether oxygens (including phenoxy) is 2. The molecule has 1 aliphatic heterocycles. The number of nitrogens with zero attached hydrogens (tertiary/aromatic N) is 1. The van der Waals surface area contributed by atoms with Crippen molar-refractivity contribution in [3.8, 4) is 0 Å². The van der Waals surface area contributed by atoms with E-state index in [1.54, 1.807) is 0 Å². The quantitative estimate of drug-likeness (QED) is 0.515. The standard InChI is InChI=1S/C15H30N2O3/c1-12(2)17-7-5-14(6-8-17)18-9-10-19-15(11-20-16)13-3-4-13/h12-15H,3-11,16H2,1-2H3. The highest BCUT2D eigenvalue weighted by Crippen LogP contribution is 2.34. The second-order valence-corrected chi connectivity index (χ2v) is 6.28. The molecule has 0 aromatic carbocycles. The maximum Gasteiger partial charge on any atom is 0.0944 e. The van der Waals surface area contributed by atoms with E-state index in [1.807, 2.05) is 0 Å². The molecule has 5 heteroatoms. The second kappa shape index (κ2) is 8.29. The van der Waals surface area contributed by atoms with Gasteiger partial charge < -0.3 is 19.2 Å². The Bertz CT molecular complexity index is 264. The van der Waals surface area contributed by atoms with Crippen LogP contribution in [-0.4, -0.2) is 56.1 Å². The van der Waals surface area contributed by atoms with Gasteiger partial charge in [0, 0.05) is 19.1 Å². The van der Waals surface area contributed by atoms with E-state index >= 15 is 0 Å². The SMILES string of the molecule is CC(C)N1CCC(OCCOC(CON)C2CC2)CC1. The third kappa shape index (κ3) is 5.30. The van der Waals surface area contributed by atoms with Crippen molar-refractivity contribution in [3.63, 3.8) is 0 Å². The van der Waals surface area contributed by atoms with Gasteiger partial charge in [-0.3, -0.25) is 0 Å². The fourth-order valence-electron chi connectivity index (χ4n) is 2.86. The number of rotatable bonds is 9. The molecule has 1 aliphatic carbocycles. The largest absolute Gasteiger partial charge is 0.376 e. The van der Waals surface area contributed by atoms with Gasteiger partial charge in [-0.25, -0.2) is 5.90 Å². The predicted molar refractivity (Wildman–Crippen MR) is 78.3 cm³/mol. The average molecular weight is 286 g/mol. The summed E-state index contributed by atoms with van der Waals surface area (Å²) in [5.74, 6) is 5.78. The summed E-state index contributed by atoms with van der Waals surface area (Å²) in [5.41, 5.74) is 0. The molecule has 0 spiro atoms. The molecule has 2 N–H and O–H groups in total. The highest BCUT2D eigenvalue weighted by Gasteiger charge is 2.32. The molecule has 1 saturated heterocycles. The Morgan fingerprint density at radius 3 is 2.35 bits per heavy atom. The monoisotopic (exact) mass is 286 g/mol. The van der Waals surface area contributed by atoms with Crippen molar-refractivity contribution in [2.24, 2.45) is 11.8 Å². The lowest BCUT2D eigenvalue weighted by Crippen LogP contribution is -2.41. The maximum atomic E-state index is 5.92. The molecule has 0 aromatic rings. The second-order valence-electron chi connectivity index (χ2n) is 6.28. The predicted octanol–water partition coefficient (Wildman–Crippen LogP) is 1.56. The van der Waals surface area contributed by atoms with Gasteiger partial charge in [0.2, 0.25) is 0 Å². The molecule has 0 bridgehead atoms. The van der Waals surface area contributed by atoms with Crippen LogP contribution in [0.5, 0.6) is 0 Å². The van der Waals surface area contributed by atoms with Crippen LogP contribution in [0, 0.1) is 5.92 Å². The van der Waals surface area contributed by atoms with Gasteiger partial charge in [-0.2, -0.15) is 0 Å². The zero-order chi connectivity index (χ0) is 14.4. The zero-order valence-electron chi connectivity index (χ0n) is 12.9. The van der Waals surface area contributed by atoms with E-state index in [0.29, 0.717) is 37.9 Å². The highest BCUT2D eigenvalue weighted by atomic mass is 16.6. The first kappa shape index (κ1) is 16.2. The summed E-state index contributed by atoms with van der Waals surface area (Å²) in [4.78, 5) is 7.23. The first-order chi connectivity index (χ1) is 9.70. The molecule has 1 atom stereocenters. The minimum atomic E-state index is 0.159. The Hall–Kier alpha value is -0.200. The molecule has 2 fully saturated rings. The van der Waals surface area contributed by atoms with Crippen molar-refractivity contribution in [3.05, 3.63) is 0 Å². The van der Waals surface area contributed by atoms with Gasteiger partial charge in [0.05, 0.1) is 32.0 Å². The lowest BCUT2D eigenvalue weighted by molar-refractivity contribution is -0.0684. The minimum absolute atomic E-state index is 0.159. The normalized spacial score (nSPS) is 23.4.